The number of rotatable bonds is 6. The summed E-state index contributed by atoms with van der Waals surface area (Å²) >= 11 is 1.14. The Kier molecular flexibility index (Phi) is 6.71. The second-order valence-corrected chi connectivity index (χ2v) is 10.7. The maximum Gasteiger partial charge on any atom is 0.295 e. The highest BCUT2D eigenvalue weighted by Crippen LogP contribution is 2.29. The van der Waals surface area contributed by atoms with Crippen LogP contribution in [-0.2, 0) is 17.3 Å². The highest BCUT2D eigenvalue weighted by Gasteiger charge is 2.23. The van der Waals surface area contributed by atoms with Crippen molar-refractivity contribution >= 4 is 23.4 Å². The SMILES string of the molecule is Cc1c(NC(=O)C(C)Sc2nnc(-c3ccc(C(C)(C)C)cc3)o2)c(=O)n(-c2ccccc2)n1C. The van der Waals surface area contributed by atoms with E-state index in [0.29, 0.717) is 11.6 Å². The molecule has 0 saturated heterocycles. The molecule has 1 unspecified atom stereocenters. The standard InChI is InChI=1S/C26H29N5O3S/c1-16-21(24(33)31(30(16)6)20-10-8-7-9-11-20)27-22(32)17(2)35-25-29-28-23(34-25)18-12-14-19(15-13-18)26(3,4)5/h7-15,17H,1-6H3,(H,27,32). The lowest BCUT2D eigenvalue weighted by Gasteiger charge is -2.18. The third-order valence-electron chi connectivity index (χ3n) is 5.85. The molecule has 4 rings (SSSR count). The van der Waals surface area contributed by atoms with Gasteiger partial charge in [0.05, 0.1) is 16.6 Å². The minimum atomic E-state index is -0.559. The first-order valence-electron chi connectivity index (χ1n) is 11.3. The maximum absolute atomic E-state index is 13.1. The Bertz CT molecular complexity index is 1400. The molecule has 2 aromatic carbocycles. The number of hydrogen-bond acceptors (Lipinski definition) is 6. The average molecular weight is 492 g/mol. The molecule has 35 heavy (non-hydrogen) atoms. The molecule has 0 fully saturated rings. The second kappa shape index (κ2) is 9.58. The van der Waals surface area contributed by atoms with E-state index in [-0.39, 0.29) is 27.8 Å². The van der Waals surface area contributed by atoms with E-state index in [9.17, 15) is 9.59 Å². The zero-order chi connectivity index (χ0) is 25.3. The van der Waals surface area contributed by atoms with E-state index in [4.69, 9.17) is 4.42 Å². The predicted octanol–water partition coefficient (Wildman–Crippen LogP) is 4.95. The Hall–Kier alpha value is -3.59. The third kappa shape index (κ3) is 5.09. The van der Waals surface area contributed by atoms with Crippen molar-refractivity contribution in [1.29, 1.82) is 0 Å². The molecule has 2 aromatic heterocycles. The number of carbonyl (C=O) groups excluding carboxylic acids is 1. The lowest BCUT2D eigenvalue weighted by Crippen LogP contribution is -2.27. The van der Waals surface area contributed by atoms with Crippen LogP contribution >= 0.6 is 11.8 Å². The number of anilines is 1. The van der Waals surface area contributed by atoms with Crippen LogP contribution in [-0.4, -0.2) is 30.7 Å². The van der Waals surface area contributed by atoms with E-state index in [1.165, 1.54) is 10.2 Å². The predicted molar refractivity (Wildman–Crippen MR) is 138 cm³/mol. The molecule has 182 valence electrons. The number of hydrogen-bond donors (Lipinski definition) is 1. The van der Waals surface area contributed by atoms with Gasteiger partial charge in [0.1, 0.15) is 5.69 Å². The van der Waals surface area contributed by atoms with E-state index < -0.39 is 5.25 Å². The van der Waals surface area contributed by atoms with Gasteiger partial charge < -0.3 is 9.73 Å². The van der Waals surface area contributed by atoms with Crippen molar-refractivity contribution in [1.82, 2.24) is 19.6 Å². The van der Waals surface area contributed by atoms with Crippen LogP contribution in [0.25, 0.3) is 17.1 Å². The zero-order valence-electron chi connectivity index (χ0n) is 20.7. The number of carbonyl (C=O) groups is 1. The van der Waals surface area contributed by atoms with Crippen LogP contribution in [0.4, 0.5) is 5.69 Å². The number of nitrogens with zero attached hydrogens (tertiary/aromatic N) is 4. The van der Waals surface area contributed by atoms with E-state index in [0.717, 1.165) is 23.0 Å². The van der Waals surface area contributed by atoms with Crippen molar-refractivity contribution in [2.24, 2.45) is 7.05 Å². The molecule has 8 nitrogen and oxygen atoms in total. The molecule has 1 N–H and O–H groups in total. The summed E-state index contributed by atoms with van der Waals surface area (Å²) in [7, 11) is 1.78. The fourth-order valence-electron chi connectivity index (χ4n) is 3.63. The van der Waals surface area contributed by atoms with Crippen LogP contribution in [0.1, 0.15) is 39.0 Å². The first-order valence-corrected chi connectivity index (χ1v) is 12.2. The number of para-hydroxylation sites is 1. The van der Waals surface area contributed by atoms with Gasteiger partial charge in [0.2, 0.25) is 11.8 Å². The third-order valence-corrected chi connectivity index (χ3v) is 6.79. The summed E-state index contributed by atoms with van der Waals surface area (Å²) in [4.78, 5) is 26.0. The quantitative estimate of drug-likeness (QED) is 0.384. The van der Waals surface area contributed by atoms with Crippen molar-refractivity contribution < 1.29 is 9.21 Å². The van der Waals surface area contributed by atoms with Gasteiger partial charge in [0.15, 0.2) is 0 Å². The minimum Gasteiger partial charge on any atom is -0.411 e. The van der Waals surface area contributed by atoms with Crippen LogP contribution in [0.15, 0.2) is 69.0 Å². The van der Waals surface area contributed by atoms with Crippen LogP contribution in [0.2, 0.25) is 0 Å². The van der Waals surface area contributed by atoms with Gasteiger partial charge in [0.25, 0.3) is 10.8 Å². The van der Waals surface area contributed by atoms with Crippen molar-refractivity contribution in [2.45, 2.75) is 50.5 Å². The summed E-state index contributed by atoms with van der Waals surface area (Å²) < 4.78 is 9.03. The summed E-state index contributed by atoms with van der Waals surface area (Å²) in [5.41, 5.74) is 3.42. The number of amides is 1. The molecule has 0 aliphatic heterocycles. The van der Waals surface area contributed by atoms with Gasteiger partial charge in [-0.3, -0.25) is 14.3 Å². The molecule has 0 aliphatic carbocycles. The number of nitrogens with one attached hydrogen (secondary N) is 1. The van der Waals surface area contributed by atoms with Gasteiger partial charge >= 0.3 is 0 Å². The molecule has 4 aromatic rings. The van der Waals surface area contributed by atoms with Gasteiger partial charge in [-0.25, -0.2) is 4.68 Å². The molecule has 0 bridgehead atoms. The molecule has 2 heterocycles. The largest absolute Gasteiger partial charge is 0.411 e. The first kappa shape index (κ1) is 24.5. The normalized spacial score (nSPS) is 12.5. The van der Waals surface area contributed by atoms with Gasteiger partial charge in [-0.15, -0.1) is 10.2 Å². The van der Waals surface area contributed by atoms with Crippen LogP contribution in [0.3, 0.4) is 0 Å². The summed E-state index contributed by atoms with van der Waals surface area (Å²) in [6.07, 6.45) is 0. The molecule has 0 spiro atoms. The highest BCUT2D eigenvalue weighted by atomic mass is 32.2. The van der Waals surface area contributed by atoms with Crippen molar-refractivity contribution in [2.75, 3.05) is 5.32 Å². The molecule has 1 atom stereocenters. The number of benzene rings is 2. The second-order valence-electron chi connectivity index (χ2n) is 9.39. The van der Waals surface area contributed by atoms with Gasteiger partial charge in [-0.1, -0.05) is 62.9 Å². The van der Waals surface area contributed by atoms with Gasteiger partial charge in [-0.2, -0.15) is 0 Å². The Morgan fingerprint density at radius 3 is 2.34 bits per heavy atom. The van der Waals surface area contributed by atoms with Gasteiger partial charge in [-0.05, 0) is 49.1 Å². The van der Waals surface area contributed by atoms with Crippen LogP contribution in [0, 0.1) is 6.92 Å². The van der Waals surface area contributed by atoms with E-state index in [1.54, 1.807) is 25.6 Å². The van der Waals surface area contributed by atoms with E-state index in [1.807, 2.05) is 54.6 Å². The Balaban J connectivity index is 1.47. The molecular formula is C26H29N5O3S. The Labute approximate surface area is 208 Å². The monoisotopic (exact) mass is 491 g/mol. The van der Waals surface area contributed by atoms with Crippen molar-refractivity contribution in [3.05, 3.63) is 76.2 Å². The molecule has 9 heteroatoms. The lowest BCUT2D eigenvalue weighted by atomic mass is 9.87. The van der Waals surface area contributed by atoms with E-state index in [2.05, 4.69) is 36.3 Å². The van der Waals surface area contributed by atoms with Crippen LogP contribution < -0.4 is 10.9 Å². The Morgan fingerprint density at radius 1 is 1.06 bits per heavy atom. The first-order chi connectivity index (χ1) is 16.6. The number of aromatic nitrogens is 4. The minimum absolute atomic E-state index is 0.0542. The molecule has 0 saturated carbocycles. The van der Waals surface area contributed by atoms with Crippen LogP contribution in [0.5, 0.6) is 0 Å². The van der Waals surface area contributed by atoms with E-state index >= 15 is 0 Å². The van der Waals surface area contributed by atoms with Gasteiger partial charge in [0, 0.05) is 12.6 Å². The average Bonchev–Trinajstić information content (AvgIpc) is 3.37. The summed E-state index contributed by atoms with van der Waals surface area (Å²) in [5.74, 6) is 0.0699. The molecular weight excluding hydrogens is 462 g/mol. The molecule has 0 aliphatic rings. The highest BCUT2D eigenvalue weighted by molar-refractivity contribution is 8.00. The van der Waals surface area contributed by atoms with Crippen molar-refractivity contribution in [3.63, 3.8) is 0 Å². The Morgan fingerprint density at radius 2 is 1.71 bits per heavy atom. The number of thioether (sulfide) groups is 1. The topological polar surface area (TPSA) is 95.0 Å². The summed E-state index contributed by atoms with van der Waals surface area (Å²) in [6.45, 7) is 10.00. The molecule has 0 radical (unpaired) electrons. The molecule has 1 amide bonds. The fourth-order valence-corrected chi connectivity index (χ4v) is 4.31. The smallest absolute Gasteiger partial charge is 0.295 e. The zero-order valence-corrected chi connectivity index (χ0v) is 21.5. The lowest BCUT2D eigenvalue weighted by molar-refractivity contribution is -0.115. The van der Waals surface area contributed by atoms with Crippen molar-refractivity contribution in [3.8, 4) is 17.1 Å². The fraction of sp³-hybridized carbons (Fsp3) is 0.308. The summed E-state index contributed by atoms with van der Waals surface area (Å²) in [5, 5.41) is 10.7. The summed E-state index contributed by atoms with van der Waals surface area (Å²) in [6, 6.07) is 17.3. The maximum atomic E-state index is 13.1.